The molecule has 29 heavy (non-hydrogen) atoms. The van der Waals surface area contributed by atoms with Crippen molar-refractivity contribution in [2.24, 2.45) is 0 Å². The molecule has 0 radical (unpaired) electrons. The Hall–Kier alpha value is -3.36. The number of hydrogen-bond acceptors (Lipinski definition) is 5. The van der Waals surface area contributed by atoms with E-state index in [0.29, 0.717) is 10.0 Å². The molecule has 0 aliphatic heterocycles. The number of carboxylic acids is 1. The predicted octanol–water partition coefficient (Wildman–Crippen LogP) is 3.90. The summed E-state index contributed by atoms with van der Waals surface area (Å²) in [4.78, 5) is 16.5. The van der Waals surface area contributed by atoms with Gasteiger partial charge in [0.1, 0.15) is 11.3 Å². The molecule has 0 aromatic heterocycles. The van der Waals surface area contributed by atoms with E-state index in [0.717, 1.165) is 5.56 Å². The summed E-state index contributed by atoms with van der Waals surface area (Å²) in [6.45, 7) is 1.56. The topological polar surface area (TPSA) is 104 Å². The van der Waals surface area contributed by atoms with Crippen LogP contribution in [-0.4, -0.2) is 31.2 Å². The van der Waals surface area contributed by atoms with Gasteiger partial charge in [-0.25, -0.2) is 4.79 Å². The Bertz CT molecular complexity index is 1130. The first-order valence-electron chi connectivity index (χ1n) is 8.75. The van der Waals surface area contributed by atoms with E-state index >= 15 is 0 Å². The zero-order valence-corrected chi connectivity index (χ0v) is 16.3. The summed E-state index contributed by atoms with van der Waals surface area (Å²) in [6, 6.07) is 19.3. The third kappa shape index (κ3) is 4.08. The number of hydrogen-bond donors (Lipinski definition) is 2. The van der Waals surface area contributed by atoms with Crippen LogP contribution in [0.15, 0.2) is 77.7 Å². The number of benzene rings is 3. The van der Waals surface area contributed by atoms with Crippen molar-refractivity contribution in [1.29, 1.82) is 0 Å². The summed E-state index contributed by atoms with van der Waals surface area (Å²) in [6.07, 6.45) is 0. The van der Waals surface area contributed by atoms with Gasteiger partial charge in [0, 0.05) is 0 Å². The van der Waals surface area contributed by atoms with Crippen molar-refractivity contribution in [3.63, 3.8) is 0 Å². The van der Waals surface area contributed by atoms with Gasteiger partial charge in [0.2, 0.25) is 0 Å². The van der Waals surface area contributed by atoms with E-state index in [1.807, 2.05) is 30.3 Å². The van der Waals surface area contributed by atoms with Crippen molar-refractivity contribution in [3.05, 3.63) is 78.4 Å². The van der Waals surface area contributed by atoms with Crippen LogP contribution in [0.25, 0.3) is 11.1 Å². The zero-order valence-electron chi connectivity index (χ0n) is 15.5. The molecule has 0 heterocycles. The SMILES string of the molecule is CCON(c1cccc(C(=O)O)c1O)S(=O)(=O)c1cccc(-c2ccccc2)c1. The van der Waals surface area contributed by atoms with E-state index in [1.54, 1.807) is 19.1 Å². The third-order valence-corrected chi connectivity index (χ3v) is 5.73. The van der Waals surface area contributed by atoms with E-state index in [9.17, 15) is 23.4 Å². The molecule has 0 amide bonds. The molecular weight excluding hydrogens is 394 g/mol. The maximum absolute atomic E-state index is 13.3. The fraction of sp³-hybridized carbons (Fsp3) is 0.0952. The second-order valence-electron chi connectivity index (χ2n) is 6.02. The molecule has 0 unspecified atom stereocenters. The summed E-state index contributed by atoms with van der Waals surface area (Å²) in [7, 11) is -4.25. The highest BCUT2D eigenvalue weighted by Gasteiger charge is 2.30. The van der Waals surface area contributed by atoms with Crippen LogP contribution in [0.5, 0.6) is 5.75 Å². The van der Waals surface area contributed by atoms with Gasteiger partial charge < -0.3 is 10.2 Å². The molecule has 0 aliphatic rings. The maximum atomic E-state index is 13.3. The fourth-order valence-corrected chi connectivity index (χ4v) is 4.17. The molecule has 150 valence electrons. The van der Waals surface area contributed by atoms with Crippen molar-refractivity contribution in [1.82, 2.24) is 0 Å². The Kier molecular flexibility index (Phi) is 5.86. The van der Waals surface area contributed by atoms with Crippen LogP contribution in [0.4, 0.5) is 5.69 Å². The standard InChI is InChI=1S/C21H19NO6S/c1-2-28-22(19-13-7-12-18(20(19)23)21(24)25)29(26,27)17-11-6-10-16(14-17)15-8-4-3-5-9-15/h3-14,23H,2H2,1H3,(H,24,25). The molecule has 8 heteroatoms. The predicted molar refractivity (Wildman–Crippen MR) is 108 cm³/mol. The average Bonchev–Trinajstić information content (AvgIpc) is 2.73. The number of rotatable bonds is 7. The van der Waals surface area contributed by atoms with Crippen LogP contribution >= 0.6 is 0 Å². The highest BCUT2D eigenvalue weighted by atomic mass is 32.2. The van der Waals surface area contributed by atoms with Crippen LogP contribution in [0, 0.1) is 0 Å². The number of sulfonamides is 1. The summed E-state index contributed by atoms with van der Waals surface area (Å²) in [5.41, 5.74) is 0.812. The second kappa shape index (κ2) is 8.34. The van der Waals surface area contributed by atoms with Gasteiger partial charge in [-0.2, -0.15) is 8.42 Å². The molecule has 7 nitrogen and oxygen atoms in total. The fourth-order valence-electron chi connectivity index (χ4n) is 2.80. The number of nitrogens with zero attached hydrogens (tertiary/aromatic N) is 1. The van der Waals surface area contributed by atoms with Gasteiger partial charge >= 0.3 is 5.97 Å². The Morgan fingerprint density at radius 2 is 1.62 bits per heavy atom. The lowest BCUT2D eigenvalue weighted by Gasteiger charge is -2.24. The maximum Gasteiger partial charge on any atom is 0.339 e. The van der Waals surface area contributed by atoms with Gasteiger partial charge in [-0.15, -0.1) is 4.47 Å². The summed E-state index contributed by atoms with van der Waals surface area (Å²) in [5.74, 6) is -2.08. The van der Waals surface area contributed by atoms with E-state index < -0.39 is 27.3 Å². The number of aromatic hydroxyl groups is 1. The Morgan fingerprint density at radius 1 is 0.966 bits per heavy atom. The lowest BCUT2D eigenvalue weighted by molar-refractivity contribution is 0.0693. The van der Waals surface area contributed by atoms with Gasteiger partial charge in [-0.3, -0.25) is 4.84 Å². The van der Waals surface area contributed by atoms with E-state index in [2.05, 4.69) is 0 Å². The van der Waals surface area contributed by atoms with Crippen LogP contribution in [0.3, 0.4) is 0 Å². The Balaban J connectivity index is 2.11. The molecule has 3 aromatic carbocycles. The molecular formula is C21H19NO6S. The van der Waals surface area contributed by atoms with Crippen molar-refractivity contribution < 1.29 is 28.3 Å². The molecule has 0 fully saturated rings. The lowest BCUT2D eigenvalue weighted by Crippen LogP contribution is -2.31. The van der Waals surface area contributed by atoms with Crippen molar-refractivity contribution in [3.8, 4) is 16.9 Å². The van der Waals surface area contributed by atoms with Crippen LogP contribution in [0.2, 0.25) is 0 Å². The number of aromatic carboxylic acids is 1. The normalized spacial score (nSPS) is 11.2. The quantitative estimate of drug-likeness (QED) is 0.569. The highest BCUT2D eigenvalue weighted by Crippen LogP contribution is 2.35. The number of phenols is 1. The average molecular weight is 413 g/mol. The van der Waals surface area contributed by atoms with Gasteiger partial charge in [-0.1, -0.05) is 48.5 Å². The zero-order chi connectivity index (χ0) is 21.0. The lowest BCUT2D eigenvalue weighted by atomic mass is 10.1. The molecule has 0 atom stereocenters. The molecule has 3 aromatic rings. The second-order valence-corrected chi connectivity index (χ2v) is 7.78. The van der Waals surface area contributed by atoms with Crippen molar-refractivity contribution >= 4 is 21.7 Å². The summed E-state index contributed by atoms with van der Waals surface area (Å²) >= 11 is 0. The Labute approximate surface area is 168 Å². The minimum atomic E-state index is -4.25. The number of anilines is 1. The van der Waals surface area contributed by atoms with E-state index in [4.69, 9.17) is 4.84 Å². The van der Waals surface area contributed by atoms with Gasteiger partial charge in [0.15, 0.2) is 5.75 Å². The summed E-state index contributed by atoms with van der Waals surface area (Å²) in [5, 5.41) is 19.5. The van der Waals surface area contributed by atoms with Gasteiger partial charge in [0.05, 0.1) is 11.5 Å². The minimum absolute atomic E-state index is 0.0195. The van der Waals surface area contributed by atoms with E-state index in [-0.39, 0.29) is 17.2 Å². The van der Waals surface area contributed by atoms with Crippen LogP contribution < -0.4 is 4.47 Å². The Morgan fingerprint density at radius 3 is 2.28 bits per heavy atom. The first kappa shape index (κ1) is 20.4. The van der Waals surface area contributed by atoms with Gasteiger partial charge in [0.25, 0.3) is 10.0 Å². The van der Waals surface area contributed by atoms with E-state index in [1.165, 1.54) is 30.3 Å². The molecule has 0 spiro atoms. The van der Waals surface area contributed by atoms with Crippen molar-refractivity contribution in [2.45, 2.75) is 11.8 Å². The van der Waals surface area contributed by atoms with Crippen molar-refractivity contribution in [2.75, 3.05) is 11.1 Å². The summed E-state index contributed by atoms with van der Waals surface area (Å²) < 4.78 is 27.1. The molecule has 2 N–H and O–H groups in total. The minimum Gasteiger partial charge on any atom is -0.505 e. The molecule has 0 saturated heterocycles. The number of carboxylic acid groups (broad SMARTS) is 1. The largest absolute Gasteiger partial charge is 0.505 e. The first-order chi connectivity index (χ1) is 13.9. The number of para-hydroxylation sites is 1. The first-order valence-corrected chi connectivity index (χ1v) is 10.2. The smallest absolute Gasteiger partial charge is 0.339 e. The van der Waals surface area contributed by atoms with Crippen LogP contribution in [-0.2, 0) is 14.9 Å². The van der Waals surface area contributed by atoms with Gasteiger partial charge in [-0.05, 0) is 42.3 Å². The molecule has 3 rings (SSSR count). The number of carbonyl (C=O) groups is 1. The highest BCUT2D eigenvalue weighted by molar-refractivity contribution is 7.92. The molecule has 0 aliphatic carbocycles. The third-order valence-electron chi connectivity index (χ3n) is 4.15. The molecule has 0 saturated carbocycles. The monoisotopic (exact) mass is 413 g/mol. The van der Waals surface area contributed by atoms with Crippen LogP contribution in [0.1, 0.15) is 17.3 Å². The molecule has 0 bridgehead atoms.